The van der Waals surface area contributed by atoms with Gasteiger partial charge in [-0.2, -0.15) is 0 Å². The van der Waals surface area contributed by atoms with Crippen LogP contribution in [0.4, 0.5) is 0 Å². The van der Waals surface area contributed by atoms with Gasteiger partial charge >= 0.3 is 0 Å². The number of aromatic nitrogens is 4. The van der Waals surface area contributed by atoms with Crippen LogP contribution in [0.5, 0.6) is 0 Å². The molecule has 0 fully saturated rings. The van der Waals surface area contributed by atoms with Gasteiger partial charge in [-0.25, -0.2) is 4.98 Å². The molecule has 0 unspecified atom stereocenters. The number of carbonyl (C=O) groups excluding carboxylic acids is 1. The lowest BCUT2D eigenvalue weighted by molar-refractivity contribution is 0.0780. The SMILES string of the molecule is Cc1ncc(CN(C)C(=O)c2cn(CCN)nn2)s1. The molecule has 0 radical (unpaired) electrons. The molecule has 102 valence electrons. The molecule has 2 heterocycles. The highest BCUT2D eigenvalue weighted by Crippen LogP contribution is 2.14. The molecule has 19 heavy (non-hydrogen) atoms. The Morgan fingerprint density at radius 2 is 2.37 bits per heavy atom. The summed E-state index contributed by atoms with van der Waals surface area (Å²) in [6.07, 6.45) is 3.40. The Labute approximate surface area is 115 Å². The summed E-state index contributed by atoms with van der Waals surface area (Å²) >= 11 is 1.58. The lowest BCUT2D eigenvalue weighted by Crippen LogP contribution is -2.26. The smallest absolute Gasteiger partial charge is 0.276 e. The number of aryl methyl sites for hydroxylation is 1. The molecule has 2 N–H and O–H groups in total. The second kappa shape index (κ2) is 5.89. The Morgan fingerprint density at radius 3 is 3.00 bits per heavy atom. The maximum atomic E-state index is 12.1. The normalized spacial score (nSPS) is 10.7. The Hall–Kier alpha value is -1.80. The van der Waals surface area contributed by atoms with Crippen molar-refractivity contribution in [3.63, 3.8) is 0 Å². The quantitative estimate of drug-likeness (QED) is 0.849. The molecule has 0 bridgehead atoms. The molecule has 0 spiro atoms. The van der Waals surface area contributed by atoms with Crippen molar-refractivity contribution in [3.05, 3.63) is 28.0 Å². The average Bonchev–Trinajstić information content (AvgIpc) is 2.98. The minimum atomic E-state index is -0.158. The molecule has 8 heteroatoms. The molecule has 2 aromatic heterocycles. The number of hydrogen-bond donors (Lipinski definition) is 1. The average molecular weight is 280 g/mol. The van der Waals surface area contributed by atoms with E-state index in [0.29, 0.717) is 25.3 Å². The van der Waals surface area contributed by atoms with Gasteiger partial charge in [0.25, 0.3) is 5.91 Å². The van der Waals surface area contributed by atoms with E-state index < -0.39 is 0 Å². The first-order valence-corrected chi connectivity index (χ1v) is 6.68. The summed E-state index contributed by atoms with van der Waals surface area (Å²) in [5.41, 5.74) is 5.75. The summed E-state index contributed by atoms with van der Waals surface area (Å²) in [5, 5.41) is 8.70. The van der Waals surface area contributed by atoms with Crippen molar-refractivity contribution in [3.8, 4) is 0 Å². The Balaban J connectivity index is 2.01. The lowest BCUT2D eigenvalue weighted by atomic mass is 10.4. The van der Waals surface area contributed by atoms with Crippen LogP contribution < -0.4 is 5.73 Å². The predicted octanol–water partition coefficient (Wildman–Crippen LogP) is 0.274. The highest BCUT2D eigenvalue weighted by atomic mass is 32.1. The van der Waals surface area contributed by atoms with Gasteiger partial charge in [0, 0.05) is 24.7 Å². The number of thiazole rings is 1. The van der Waals surface area contributed by atoms with Gasteiger partial charge in [0.1, 0.15) is 0 Å². The number of amides is 1. The maximum absolute atomic E-state index is 12.1. The topological polar surface area (TPSA) is 89.9 Å². The zero-order valence-electron chi connectivity index (χ0n) is 10.9. The first-order valence-electron chi connectivity index (χ1n) is 5.87. The van der Waals surface area contributed by atoms with Gasteiger partial charge in [-0.3, -0.25) is 9.48 Å². The van der Waals surface area contributed by atoms with E-state index in [-0.39, 0.29) is 5.91 Å². The lowest BCUT2D eigenvalue weighted by Gasteiger charge is -2.13. The fourth-order valence-electron chi connectivity index (χ4n) is 1.62. The van der Waals surface area contributed by atoms with E-state index in [0.717, 1.165) is 9.88 Å². The van der Waals surface area contributed by atoms with Gasteiger partial charge in [-0.1, -0.05) is 5.21 Å². The van der Waals surface area contributed by atoms with Gasteiger partial charge in [0.2, 0.25) is 0 Å². The molecule has 0 saturated heterocycles. The van der Waals surface area contributed by atoms with Crippen molar-refractivity contribution in [2.45, 2.75) is 20.0 Å². The molecule has 0 aliphatic heterocycles. The van der Waals surface area contributed by atoms with Crippen LogP contribution in [0.3, 0.4) is 0 Å². The molecule has 0 saturated carbocycles. The summed E-state index contributed by atoms with van der Waals surface area (Å²) in [7, 11) is 1.74. The van der Waals surface area contributed by atoms with Gasteiger partial charge in [0.05, 0.1) is 24.3 Å². The Kier molecular flexibility index (Phi) is 4.23. The summed E-state index contributed by atoms with van der Waals surface area (Å²) < 4.78 is 1.57. The molecule has 2 rings (SSSR count). The fourth-order valence-corrected chi connectivity index (χ4v) is 2.47. The van der Waals surface area contributed by atoms with E-state index in [1.165, 1.54) is 0 Å². The van der Waals surface area contributed by atoms with Crippen molar-refractivity contribution < 1.29 is 4.79 Å². The fraction of sp³-hybridized carbons (Fsp3) is 0.455. The second-order valence-corrected chi connectivity index (χ2v) is 5.48. The van der Waals surface area contributed by atoms with Crippen LogP contribution in [-0.4, -0.2) is 44.4 Å². The third-order valence-corrected chi connectivity index (χ3v) is 3.42. The Bertz CT molecular complexity index is 563. The van der Waals surface area contributed by atoms with Gasteiger partial charge in [-0.05, 0) is 6.92 Å². The van der Waals surface area contributed by atoms with E-state index in [1.807, 2.05) is 6.92 Å². The van der Waals surface area contributed by atoms with E-state index in [2.05, 4.69) is 15.3 Å². The zero-order valence-corrected chi connectivity index (χ0v) is 11.7. The van der Waals surface area contributed by atoms with E-state index >= 15 is 0 Å². The van der Waals surface area contributed by atoms with Crippen LogP contribution in [-0.2, 0) is 13.1 Å². The van der Waals surface area contributed by atoms with Crippen LogP contribution in [0.25, 0.3) is 0 Å². The van der Waals surface area contributed by atoms with Crippen LogP contribution in [0.1, 0.15) is 20.4 Å². The maximum Gasteiger partial charge on any atom is 0.276 e. The summed E-state index contributed by atoms with van der Waals surface area (Å²) in [6.45, 7) is 3.48. The molecule has 0 aliphatic rings. The van der Waals surface area contributed by atoms with Crippen molar-refractivity contribution in [1.29, 1.82) is 0 Å². The minimum Gasteiger partial charge on any atom is -0.335 e. The van der Waals surface area contributed by atoms with Crippen molar-refractivity contribution in [2.24, 2.45) is 5.73 Å². The standard InChI is InChI=1S/C11H16N6OS/c1-8-13-5-9(19-8)6-16(2)11(18)10-7-17(4-3-12)15-14-10/h5,7H,3-4,6,12H2,1-2H3. The van der Waals surface area contributed by atoms with Gasteiger partial charge < -0.3 is 10.6 Å². The minimum absolute atomic E-state index is 0.158. The van der Waals surface area contributed by atoms with Crippen LogP contribution in [0, 0.1) is 6.92 Å². The number of nitrogens with zero attached hydrogens (tertiary/aromatic N) is 5. The second-order valence-electron chi connectivity index (χ2n) is 4.16. The first kappa shape index (κ1) is 13.6. The van der Waals surface area contributed by atoms with E-state index in [9.17, 15) is 4.79 Å². The molecule has 7 nitrogen and oxygen atoms in total. The first-order chi connectivity index (χ1) is 9.10. The summed E-state index contributed by atoms with van der Waals surface area (Å²) in [6, 6.07) is 0. The van der Waals surface area contributed by atoms with Crippen molar-refractivity contribution in [1.82, 2.24) is 24.9 Å². The van der Waals surface area contributed by atoms with Gasteiger partial charge in [0.15, 0.2) is 5.69 Å². The summed E-state index contributed by atoms with van der Waals surface area (Å²) in [5.74, 6) is -0.158. The number of rotatable bonds is 5. The van der Waals surface area contributed by atoms with Crippen molar-refractivity contribution >= 4 is 17.2 Å². The van der Waals surface area contributed by atoms with E-state index in [4.69, 9.17) is 5.73 Å². The van der Waals surface area contributed by atoms with E-state index in [1.54, 1.807) is 40.4 Å². The number of hydrogen-bond acceptors (Lipinski definition) is 6. The van der Waals surface area contributed by atoms with Crippen LogP contribution in [0.2, 0.25) is 0 Å². The molecular weight excluding hydrogens is 264 g/mol. The third kappa shape index (κ3) is 3.36. The summed E-state index contributed by atoms with van der Waals surface area (Å²) in [4.78, 5) is 18.9. The largest absolute Gasteiger partial charge is 0.335 e. The molecular formula is C11H16N6OS. The molecule has 1 amide bonds. The monoisotopic (exact) mass is 280 g/mol. The zero-order chi connectivity index (χ0) is 13.8. The predicted molar refractivity (Wildman–Crippen MR) is 71.7 cm³/mol. The highest BCUT2D eigenvalue weighted by molar-refractivity contribution is 7.11. The van der Waals surface area contributed by atoms with Gasteiger partial charge in [-0.15, -0.1) is 16.4 Å². The number of carbonyl (C=O) groups is 1. The molecule has 0 atom stereocenters. The molecule has 0 aromatic carbocycles. The van der Waals surface area contributed by atoms with Crippen molar-refractivity contribution in [2.75, 3.05) is 13.6 Å². The highest BCUT2D eigenvalue weighted by Gasteiger charge is 2.16. The third-order valence-electron chi connectivity index (χ3n) is 2.52. The van der Waals surface area contributed by atoms with Crippen LogP contribution >= 0.6 is 11.3 Å². The molecule has 2 aromatic rings. The van der Waals surface area contributed by atoms with Crippen LogP contribution in [0.15, 0.2) is 12.4 Å². The Morgan fingerprint density at radius 1 is 1.58 bits per heavy atom. The molecule has 0 aliphatic carbocycles. The number of nitrogens with two attached hydrogens (primary N) is 1.